The van der Waals surface area contributed by atoms with Gasteiger partial charge < -0.3 is 9.88 Å². The topological polar surface area (TPSA) is 29.9 Å². The average molecular weight is 235 g/mol. The van der Waals surface area contributed by atoms with E-state index in [9.17, 15) is 0 Å². The molecular weight excluding hydrogens is 210 g/mol. The smallest absolute Gasteiger partial charge is 0.0945 e. The molecule has 2 rings (SSSR count). The van der Waals surface area contributed by atoms with Gasteiger partial charge in [0, 0.05) is 25.0 Å². The number of hydrogen-bond donors (Lipinski definition) is 1. The van der Waals surface area contributed by atoms with Crippen molar-refractivity contribution in [3.05, 3.63) is 18.7 Å². The molecule has 0 bridgehead atoms. The van der Waals surface area contributed by atoms with Crippen LogP contribution in [0.2, 0.25) is 0 Å². The number of aryl methyl sites for hydroxylation is 1. The number of nitrogens with one attached hydrogen (secondary N) is 1. The van der Waals surface area contributed by atoms with Crippen molar-refractivity contribution < 1.29 is 0 Å². The third-order valence-corrected chi connectivity index (χ3v) is 4.02. The van der Waals surface area contributed by atoms with Crippen molar-refractivity contribution in [3.63, 3.8) is 0 Å². The first-order valence-corrected chi connectivity index (χ1v) is 6.95. The fourth-order valence-electron chi connectivity index (χ4n) is 2.78. The fourth-order valence-corrected chi connectivity index (χ4v) is 2.78. The van der Waals surface area contributed by atoms with Crippen molar-refractivity contribution in [1.29, 1.82) is 0 Å². The summed E-state index contributed by atoms with van der Waals surface area (Å²) in [5.74, 6) is 1.75. The third-order valence-electron chi connectivity index (χ3n) is 4.02. The van der Waals surface area contributed by atoms with Gasteiger partial charge in [-0.3, -0.25) is 0 Å². The van der Waals surface area contributed by atoms with Crippen LogP contribution in [0.4, 0.5) is 0 Å². The second kappa shape index (κ2) is 6.20. The normalized spacial score (nSPS) is 29.4. The van der Waals surface area contributed by atoms with Gasteiger partial charge in [0.05, 0.1) is 6.33 Å². The molecule has 1 aromatic heterocycles. The van der Waals surface area contributed by atoms with E-state index in [1.807, 2.05) is 18.7 Å². The predicted octanol–water partition coefficient (Wildman–Crippen LogP) is 2.69. The Bertz CT molecular complexity index is 307. The number of imidazole rings is 1. The highest BCUT2D eigenvalue weighted by molar-refractivity contribution is 4.81. The molecule has 3 atom stereocenters. The highest BCUT2D eigenvalue weighted by atomic mass is 15.0. The molecule has 0 spiro atoms. The SMILES string of the molecule is CC1CCC(C)C(NCCCn2ccnc2)C1. The van der Waals surface area contributed by atoms with E-state index in [-0.39, 0.29) is 0 Å². The summed E-state index contributed by atoms with van der Waals surface area (Å²) in [4.78, 5) is 4.06. The molecule has 1 heterocycles. The summed E-state index contributed by atoms with van der Waals surface area (Å²) in [6, 6.07) is 0.738. The minimum atomic E-state index is 0.738. The number of nitrogens with zero attached hydrogens (tertiary/aromatic N) is 2. The molecule has 0 saturated heterocycles. The average Bonchev–Trinajstić information content (AvgIpc) is 2.82. The van der Waals surface area contributed by atoms with Crippen LogP contribution in [-0.4, -0.2) is 22.1 Å². The highest BCUT2D eigenvalue weighted by Crippen LogP contribution is 2.28. The van der Waals surface area contributed by atoms with Crippen LogP contribution in [0.3, 0.4) is 0 Å². The Labute approximate surface area is 105 Å². The lowest BCUT2D eigenvalue weighted by Crippen LogP contribution is -2.40. The summed E-state index contributed by atoms with van der Waals surface area (Å²) >= 11 is 0. The summed E-state index contributed by atoms with van der Waals surface area (Å²) in [7, 11) is 0. The molecule has 1 aliphatic carbocycles. The van der Waals surface area contributed by atoms with Crippen molar-refractivity contribution in [2.45, 2.75) is 52.1 Å². The molecule has 1 N–H and O–H groups in total. The Kier molecular flexibility index (Phi) is 4.60. The van der Waals surface area contributed by atoms with E-state index in [0.717, 1.165) is 31.0 Å². The van der Waals surface area contributed by atoms with Crippen LogP contribution in [0.5, 0.6) is 0 Å². The Morgan fingerprint density at radius 1 is 1.35 bits per heavy atom. The molecule has 1 saturated carbocycles. The maximum Gasteiger partial charge on any atom is 0.0945 e. The van der Waals surface area contributed by atoms with Crippen molar-refractivity contribution >= 4 is 0 Å². The first-order valence-electron chi connectivity index (χ1n) is 6.95. The Morgan fingerprint density at radius 2 is 2.24 bits per heavy atom. The van der Waals surface area contributed by atoms with Crippen LogP contribution in [0.15, 0.2) is 18.7 Å². The van der Waals surface area contributed by atoms with Gasteiger partial charge in [-0.15, -0.1) is 0 Å². The molecule has 0 aliphatic heterocycles. The van der Waals surface area contributed by atoms with Gasteiger partial charge in [-0.25, -0.2) is 4.98 Å². The van der Waals surface area contributed by atoms with Gasteiger partial charge in [0.2, 0.25) is 0 Å². The van der Waals surface area contributed by atoms with Crippen molar-refractivity contribution in [1.82, 2.24) is 14.9 Å². The lowest BCUT2D eigenvalue weighted by molar-refractivity contribution is 0.228. The van der Waals surface area contributed by atoms with Gasteiger partial charge in [-0.05, 0) is 37.6 Å². The van der Waals surface area contributed by atoms with Crippen LogP contribution >= 0.6 is 0 Å². The second-order valence-electron chi connectivity index (χ2n) is 5.61. The summed E-state index contributed by atoms with van der Waals surface area (Å²) in [5.41, 5.74) is 0. The molecule has 1 aliphatic rings. The maximum absolute atomic E-state index is 4.06. The Hall–Kier alpha value is -0.830. The molecule has 0 amide bonds. The molecule has 1 fully saturated rings. The van der Waals surface area contributed by atoms with Crippen LogP contribution in [0, 0.1) is 11.8 Å². The quantitative estimate of drug-likeness (QED) is 0.795. The predicted molar refractivity (Wildman–Crippen MR) is 70.8 cm³/mol. The molecular formula is C14H25N3. The summed E-state index contributed by atoms with van der Waals surface area (Å²) in [5, 5.41) is 3.73. The lowest BCUT2D eigenvalue weighted by Gasteiger charge is -2.33. The van der Waals surface area contributed by atoms with Crippen molar-refractivity contribution in [3.8, 4) is 0 Å². The van der Waals surface area contributed by atoms with E-state index in [2.05, 4.69) is 28.7 Å². The van der Waals surface area contributed by atoms with Crippen molar-refractivity contribution in [2.24, 2.45) is 11.8 Å². The first kappa shape index (κ1) is 12.6. The summed E-state index contributed by atoms with van der Waals surface area (Å²) < 4.78 is 2.15. The first-order chi connectivity index (χ1) is 8.25. The van der Waals surface area contributed by atoms with Gasteiger partial charge >= 0.3 is 0 Å². The number of rotatable bonds is 5. The standard InChI is InChI=1S/C14H25N3/c1-12-4-5-13(2)14(10-12)16-6-3-8-17-9-7-15-11-17/h7,9,11-14,16H,3-6,8,10H2,1-2H3. The van der Waals surface area contributed by atoms with E-state index in [1.54, 1.807) is 0 Å². The maximum atomic E-state index is 4.06. The zero-order valence-corrected chi connectivity index (χ0v) is 11.1. The van der Waals surface area contributed by atoms with E-state index < -0.39 is 0 Å². The molecule has 17 heavy (non-hydrogen) atoms. The summed E-state index contributed by atoms with van der Waals surface area (Å²) in [6.07, 6.45) is 11.1. The van der Waals surface area contributed by atoms with E-state index in [0.29, 0.717) is 0 Å². The molecule has 3 unspecified atom stereocenters. The van der Waals surface area contributed by atoms with E-state index in [4.69, 9.17) is 0 Å². The second-order valence-corrected chi connectivity index (χ2v) is 5.61. The van der Waals surface area contributed by atoms with Gasteiger partial charge in [-0.1, -0.05) is 20.3 Å². The van der Waals surface area contributed by atoms with Crippen LogP contribution in [0.1, 0.15) is 39.5 Å². The number of hydrogen-bond acceptors (Lipinski definition) is 2. The Balaban J connectivity index is 1.64. The number of aromatic nitrogens is 2. The highest BCUT2D eigenvalue weighted by Gasteiger charge is 2.24. The molecule has 3 nitrogen and oxygen atoms in total. The molecule has 0 aromatic carbocycles. The largest absolute Gasteiger partial charge is 0.337 e. The zero-order chi connectivity index (χ0) is 12.1. The zero-order valence-electron chi connectivity index (χ0n) is 11.1. The molecule has 0 radical (unpaired) electrons. The lowest BCUT2D eigenvalue weighted by atomic mass is 9.80. The minimum absolute atomic E-state index is 0.738. The van der Waals surface area contributed by atoms with Crippen LogP contribution < -0.4 is 5.32 Å². The third kappa shape index (κ3) is 3.84. The Morgan fingerprint density at radius 3 is 3.00 bits per heavy atom. The van der Waals surface area contributed by atoms with Crippen LogP contribution in [0.25, 0.3) is 0 Å². The summed E-state index contributed by atoms with van der Waals surface area (Å²) in [6.45, 7) is 6.97. The monoisotopic (exact) mass is 235 g/mol. The molecule has 1 aromatic rings. The van der Waals surface area contributed by atoms with E-state index in [1.165, 1.54) is 25.7 Å². The fraction of sp³-hybridized carbons (Fsp3) is 0.786. The van der Waals surface area contributed by atoms with Gasteiger partial charge in [0.15, 0.2) is 0 Å². The van der Waals surface area contributed by atoms with Gasteiger partial charge in [0.1, 0.15) is 0 Å². The van der Waals surface area contributed by atoms with Gasteiger partial charge in [-0.2, -0.15) is 0 Å². The van der Waals surface area contributed by atoms with Crippen LogP contribution in [-0.2, 0) is 6.54 Å². The molecule has 3 heteroatoms. The van der Waals surface area contributed by atoms with E-state index >= 15 is 0 Å². The van der Waals surface area contributed by atoms with Gasteiger partial charge in [0.25, 0.3) is 0 Å². The minimum Gasteiger partial charge on any atom is -0.337 e. The van der Waals surface area contributed by atoms with Crippen molar-refractivity contribution in [2.75, 3.05) is 6.54 Å². The molecule has 96 valence electrons.